The van der Waals surface area contributed by atoms with Crippen LogP contribution in [0.5, 0.6) is 0 Å². The third-order valence-electron chi connectivity index (χ3n) is 5.50. The lowest BCUT2D eigenvalue weighted by Gasteiger charge is -2.34. The maximum Gasteiger partial charge on any atom is 0.251 e. The Balaban J connectivity index is 1.63. The quantitative estimate of drug-likeness (QED) is 0.765. The number of nitrogens with zero attached hydrogens (tertiary/aromatic N) is 2. The van der Waals surface area contributed by atoms with E-state index in [1.54, 1.807) is 16.4 Å². The van der Waals surface area contributed by atoms with Gasteiger partial charge in [-0.25, -0.2) is 8.42 Å². The van der Waals surface area contributed by atoms with Crippen LogP contribution < -0.4 is 10.2 Å². The zero-order valence-electron chi connectivity index (χ0n) is 18.1. The van der Waals surface area contributed by atoms with E-state index in [1.165, 1.54) is 12.1 Å². The Hall–Kier alpha value is -2.38. The normalized spacial score (nSPS) is 20.0. The summed E-state index contributed by atoms with van der Waals surface area (Å²) in [7, 11) is 0.419. The molecular formula is C23H31N3O3S. The molecule has 1 heterocycles. The molecule has 1 aliphatic rings. The van der Waals surface area contributed by atoms with Crippen LogP contribution >= 0.6 is 0 Å². The highest BCUT2D eigenvalue weighted by atomic mass is 32.2. The molecule has 1 aliphatic heterocycles. The number of hydrogen-bond donors (Lipinski definition) is 1. The molecule has 0 aliphatic carbocycles. The van der Waals surface area contributed by atoms with E-state index in [2.05, 4.69) is 19.2 Å². The molecule has 1 N–H and O–H groups in total. The predicted molar refractivity (Wildman–Crippen MR) is 120 cm³/mol. The molecule has 0 spiro atoms. The van der Waals surface area contributed by atoms with Gasteiger partial charge in [0.05, 0.1) is 4.90 Å². The van der Waals surface area contributed by atoms with Crippen molar-refractivity contribution in [3.63, 3.8) is 0 Å². The summed E-state index contributed by atoms with van der Waals surface area (Å²) >= 11 is 0. The van der Waals surface area contributed by atoms with Crippen LogP contribution in [0.4, 0.5) is 5.69 Å². The van der Waals surface area contributed by atoms with Crippen molar-refractivity contribution < 1.29 is 13.2 Å². The van der Waals surface area contributed by atoms with E-state index < -0.39 is 10.0 Å². The molecule has 7 heteroatoms. The zero-order chi connectivity index (χ0) is 21.9. The molecular weight excluding hydrogens is 398 g/mol. The predicted octanol–water partition coefficient (Wildman–Crippen LogP) is 3.35. The number of sulfonamides is 1. The summed E-state index contributed by atoms with van der Waals surface area (Å²) in [6.45, 7) is 5.67. The van der Waals surface area contributed by atoms with Gasteiger partial charge in [0.15, 0.2) is 0 Å². The van der Waals surface area contributed by atoms with Crippen LogP contribution in [0.1, 0.15) is 36.2 Å². The van der Waals surface area contributed by atoms with Crippen LogP contribution in [-0.2, 0) is 16.6 Å². The highest BCUT2D eigenvalue weighted by Crippen LogP contribution is 2.26. The molecule has 162 valence electrons. The summed E-state index contributed by atoms with van der Waals surface area (Å²) in [6, 6.07) is 14.2. The first-order valence-electron chi connectivity index (χ1n) is 10.3. The lowest BCUT2D eigenvalue weighted by Crippen LogP contribution is -2.42. The van der Waals surface area contributed by atoms with Crippen LogP contribution in [0.15, 0.2) is 53.4 Å². The maximum atomic E-state index is 13.0. The van der Waals surface area contributed by atoms with Crippen molar-refractivity contribution in [2.45, 2.75) is 31.7 Å². The lowest BCUT2D eigenvalue weighted by molar-refractivity contribution is 0.0951. The van der Waals surface area contributed by atoms with Crippen LogP contribution in [0.3, 0.4) is 0 Å². The number of anilines is 1. The highest BCUT2D eigenvalue weighted by molar-refractivity contribution is 7.89. The van der Waals surface area contributed by atoms with Crippen LogP contribution in [0, 0.1) is 11.8 Å². The second-order valence-corrected chi connectivity index (χ2v) is 10.5. The lowest BCUT2D eigenvalue weighted by atomic mass is 9.94. The highest BCUT2D eigenvalue weighted by Gasteiger charge is 2.31. The zero-order valence-corrected chi connectivity index (χ0v) is 18.9. The van der Waals surface area contributed by atoms with Gasteiger partial charge in [0, 0.05) is 45.0 Å². The van der Waals surface area contributed by atoms with Gasteiger partial charge in [-0.1, -0.05) is 26.0 Å². The minimum atomic E-state index is -3.54. The third-order valence-corrected chi connectivity index (χ3v) is 7.34. The average molecular weight is 430 g/mol. The standard InChI is InChI=1S/C23H31N3O3S/c1-17-13-18(2)16-26(15-17)30(28,29)22-11-7-20(8-12-22)23(27)24-14-19-5-9-21(10-6-19)25(3)4/h5-12,17-18H,13-16H2,1-4H3,(H,24,27)/t17-,18-/m1/s1. The Morgan fingerprint density at radius 1 is 1.00 bits per heavy atom. The number of piperidine rings is 1. The Morgan fingerprint density at radius 2 is 1.57 bits per heavy atom. The number of hydrogen-bond acceptors (Lipinski definition) is 4. The molecule has 0 saturated carbocycles. The van der Waals surface area contributed by atoms with Crippen molar-refractivity contribution in [3.05, 3.63) is 59.7 Å². The van der Waals surface area contributed by atoms with Crippen LogP contribution in [0.2, 0.25) is 0 Å². The molecule has 0 unspecified atom stereocenters. The van der Waals surface area contributed by atoms with E-state index >= 15 is 0 Å². The van der Waals surface area contributed by atoms with Gasteiger partial charge in [0.2, 0.25) is 10.0 Å². The average Bonchev–Trinajstić information content (AvgIpc) is 2.71. The molecule has 2 aromatic rings. The fourth-order valence-corrected chi connectivity index (χ4v) is 5.61. The summed E-state index contributed by atoms with van der Waals surface area (Å²) in [5.41, 5.74) is 2.54. The summed E-state index contributed by atoms with van der Waals surface area (Å²) in [5, 5.41) is 2.88. The molecule has 1 amide bonds. The molecule has 0 aromatic heterocycles. The van der Waals surface area contributed by atoms with E-state index in [9.17, 15) is 13.2 Å². The number of carbonyl (C=O) groups is 1. The first-order valence-corrected chi connectivity index (χ1v) is 11.8. The Morgan fingerprint density at radius 3 is 2.10 bits per heavy atom. The van der Waals surface area contributed by atoms with Crippen molar-refractivity contribution in [2.24, 2.45) is 11.8 Å². The molecule has 0 bridgehead atoms. The Kier molecular flexibility index (Phi) is 6.83. The molecule has 30 heavy (non-hydrogen) atoms. The van der Waals surface area contributed by atoms with Crippen molar-refractivity contribution in [1.82, 2.24) is 9.62 Å². The summed E-state index contributed by atoms with van der Waals surface area (Å²) < 4.78 is 27.5. The van der Waals surface area contributed by atoms with E-state index in [1.807, 2.05) is 43.3 Å². The van der Waals surface area contributed by atoms with Gasteiger partial charge in [-0.05, 0) is 60.2 Å². The molecule has 1 fully saturated rings. The topological polar surface area (TPSA) is 69.7 Å². The van der Waals surface area contributed by atoms with E-state index in [4.69, 9.17) is 0 Å². The SMILES string of the molecule is C[C@@H]1C[C@@H](C)CN(S(=O)(=O)c2ccc(C(=O)NCc3ccc(N(C)C)cc3)cc2)C1. The summed E-state index contributed by atoms with van der Waals surface area (Å²) in [5.74, 6) is 0.469. The molecule has 6 nitrogen and oxygen atoms in total. The smallest absolute Gasteiger partial charge is 0.251 e. The van der Waals surface area contributed by atoms with Gasteiger partial charge in [-0.3, -0.25) is 4.79 Å². The number of nitrogens with one attached hydrogen (secondary N) is 1. The van der Waals surface area contributed by atoms with Crippen LogP contribution in [-0.4, -0.2) is 45.8 Å². The fourth-order valence-electron chi connectivity index (χ4n) is 3.93. The summed E-state index contributed by atoms with van der Waals surface area (Å²) in [6.07, 6.45) is 1.04. The van der Waals surface area contributed by atoms with Crippen molar-refractivity contribution >= 4 is 21.6 Å². The molecule has 1 saturated heterocycles. The van der Waals surface area contributed by atoms with Gasteiger partial charge in [0.1, 0.15) is 0 Å². The number of carbonyl (C=O) groups excluding carboxylic acids is 1. The van der Waals surface area contributed by atoms with Gasteiger partial charge in [0.25, 0.3) is 5.91 Å². The number of benzene rings is 2. The first kappa shape index (κ1) is 22.3. The molecule has 2 aromatic carbocycles. The van der Waals surface area contributed by atoms with Gasteiger partial charge >= 0.3 is 0 Å². The van der Waals surface area contributed by atoms with Crippen molar-refractivity contribution in [2.75, 3.05) is 32.1 Å². The van der Waals surface area contributed by atoms with E-state index in [0.717, 1.165) is 17.7 Å². The second-order valence-electron chi connectivity index (χ2n) is 8.54. The van der Waals surface area contributed by atoms with Crippen molar-refractivity contribution in [1.29, 1.82) is 0 Å². The third kappa shape index (κ3) is 5.21. The van der Waals surface area contributed by atoms with E-state index in [-0.39, 0.29) is 10.8 Å². The number of rotatable bonds is 6. The minimum absolute atomic E-state index is 0.226. The molecule has 3 rings (SSSR count). The van der Waals surface area contributed by atoms with Crippen molar-refractivity contribution in [3.8, 4) is 0 Å². The monoisotopic (exact) mass is 429 g/mol. The Bertz CT molecular complexity index is 960. The minimum Gasteiger partial charge on any atom is -0.378 e. The van der Waals surface area contributed by atoms with Gasteiger partial charge in [-0.15, -0.1) is 0 Å². The maximum absolute atomic E-state index is 13.0. The first-order chi connectivity index (χ1) is 14.2. The molecule has 0 radical (unpaired) electrons. The summed E-state index contributed by atoms with van der Waals surface area (Å²) in [4.78, 5) is 14.7. The Labute approximate surface area is 179 Å². The van der Waals surface area contributed by atoms with E-state index in [0.29, 0.717) is 37.0 Å². The van der Waals surface area contributed by atoms with Gasteiger partial charge in [-0.2, -0.15) is 4.31 Å². The van der Waals surface area contributed by atoms with Gasteiger partial charge < -0.3 is 10.2 Å². The molecule has 2 atom stereocenters. The van der Waals surface area contributed by atoms with Crippen LogP contribution in [0.25, 0.3) is 0 Å². The fraction of sp³-hybridized carbons (Fsp3) is 0.435. The second kappa shape index (κ2) is 9.18. The largest absolute Gasteiger partial charge is 0.378 e. The number of amides is 1.